The number of thioether (sulfide) groups is 1. The molecule has 5 nitrogen and oxygen atoms in total. The number of aromatic nitrogens is 4. The minimum atomic E-state index is -0.280. The van der Waals surface area contributed by atoms with Crippen LogP contribution in [0.5, 0.6) is 0 Å². The van der Waals surface area contributed by atoms with Gasteiger partial charge in [-0.2, -0.15) is 4.68 Å². The SMILES string of the molecule is CCc1ccc(C(=O)[C@@H](C)Sc2nnnn2-c2ccc(C)cc2C)cc1. The van der Waals surface area contributed by atoms with E-state index in [0.717, 1.165) is 17.7 Å². The molecular weight excluding hydrogens is 344 g/mol. The average molecular weight is 366 g/mol. The van der Waals surface area contributed by atoms with Crippen molar-refractivity contribution in [2.75, 3.05) is 0 Å². The van der Waals surface area contributed by atoms with Gasteiger partial charge in [-0.15, -0.1) is 5.10 Å². The molecule has 6 heteroatoms. The Hall–Kier alpha value is -2.47. The molecule has 134 valence electrons. The van der Waals surface area contributed by atoms with Crippen LogP contribution in [0, 0.1) is 13.8 Å². The first-order valence-electron chi connectivity index (χ1n) is 8.65. The van der Waals surface area contributed by atoms with E-state index in [1.165, 1.54) is 22.9 Å². The van der Waals surface area contributed by atoms with Crippen LogP contribution in [0.4, 0.5) is 0 Å². The van der Waals surface area contributed by atoms with Crippen LogP contribution >= 0.6 is 11.8 Å². The van der Waals surface area contributed by atoms with Gasteiger partial charge >= 0.3 is 0 Å². The van der Waals surface area contributed by atoms with Crippen LogP contribution in [0.1, 0.15) is 40.9 Å². The van der Waals surface area contributed by atoms with Crippen LogP contribution in [0.25, 0.3) is 5.69 Å². The molecule has 0 aliphatic heterocycles. The minimum Gasteiger partial charge on any atom is -0.293 e. The predicted molar refractivity (Wildman–Crippen MR) is 104 cm³/mol. The lowest BCUT2D eigenvalue weighted by Crippen LogP contribution is -2.15. The topological polar surface area (TPSA) is 60.7 Å². The quantitative estimate of drug-likeness (QED) is 0.483. The Morgan fingerprint density at radius 1 is 1.15 bits per heavy atom. The van der Waals surface area contributed by atoms with Crippen molar-refractivity contribution in [3.05, 3.63) is 64.7 Å². The van der Waals surface area contributed by atoms with Crippen LogP contribution < -0.4 is 0 Å². The molecule has 0 aliphatic rings. The minimum absolute atomic E-state index is 0.0767. The Morgan fingerprint density at radius 3 is 2.54 bits per heavy atom. The number of hydrogen-bond donors (Lipinski definition) is 0. The highest BCUT2D eigenvalue weighted by Gasteiger charge is 2.21. The molecule has 0 amide bonds. The van der Waals surface area contributed by atoms with E-state index in [0.29, 0.717) is 10.7 Å². The summed E-state index contributed by atoms with van der Waals surface area (Å²) in [5.74, 6) is 0.0767. The molecular formula is C20H22N4OS. The number of Topliss-reactive ketones (excluding diaryl/α,β-unsaturated/α-hetero) is 1. The van der Waals surface area contributed by atoms with E-state index in [4.69, 9.17) is 0 Å². The number of carbonyl (C=O) groups excluding carboxylic acids is 1. The number of carbonyl (C=O) groups is 1. The molecule has 0 aliphatic carbocycles. The molecule has 0 fully saturated rings. The lowest BCUT2D eigenvalue weighted by Gasteiger charge is -2.12. The fraction of sp³-hybridized carbons (Fsp3) is 0.300. The molecule has 0 spiro atoms. The Kier molecular flexibility index (Phi) is 5.52. The summed E-state index contributed by atoms with van der Waals surface area (Å²) in [6, 6.07) is 13.9. The van der Waals surface area contributed by atoms with Crippen molar-refractivity contribution in [3.8, 4) is 5.69 Å². The van der Waals surface area contributed by atoms with Crippen molar-refractivity contribution in [2.45, 2.75) is 44.5 Å². The Morgan fingerprint density at radius 2 is 1.88 bits per heavy atom. The number of rotatable bonds is 6. The zero-order chi connectivity index (χ0) is 18.7. The van der Waals surface area contributed by atoms with Crippen molar-refractivity contribution in [3.63, 3.8) is 0 Å². The van der Waals surface area contributed by atoms with E-state index in [-0.39, 0.29) is 11.0 Å². The smallest absolute Gasteiger partial charge is 0.214 e. The number of ketones is 1. The van der Waals surface area contributed by atoms with Crippen molar-refractivity contribution in [1.29, 1.82) is 0 Å². The Labute approximate surface area is 157 Å². The first-order chi connectivity index (χ1) is 12.5. The number of aryl methyl sites for hydroxylation is 3. The van der Waals surface area contributed by atoms with Crippen molar-refractivity contribution in [1.82, 2.24) is 20.2 Å². The molecule has 3 aromatic rings. The van der Waals surface area contributed by atoms with E-state index in [9.17, 15) is 4.79 Å². The van der Waals surface area contributed by atoms with Crippen LogP contribution in [0.2, 0.25) is 0 Å². The van der Waals surface area contributed by atoms with Gasteiger partial charge in [0.05, 0.1) is 10.9 Å². The maximum Gasteiger partial charge on any atom is 0.214 e. The van der Waals surface area contributed by atoms with Crippen LogP contribution in [-0.4, -0.2) is 31.2 Å². The van der Waals surface area contributed by atoms with Gasteiger partial charge in [0.15, 0.2) is 5.78 Å². The lowest BCUT2D eigenvalue weighted by molar-refractivity contribution is 0.0994. The largest absolute Gasteiger partial charge is 0.293 e. The molecule has 0 bridgehead atoms. The summed E-state index contributed by atoms with van der Waals surface area (Å²) in [6.07, 6.45) is 0.962. The van der Waals surface area contributed by atoms with E-state index < -0.39 is 0 Å². The molecule has 0 N–H and O–H groups in total. The van der Waals surface area contributed by atoms with Gasteiger partial charge in [-0.3, -0.25) is 4.79 Å². The third-order valence-corrected chi connectivity index (χ3v) is 5.35. The summed E-state index contributed by atoms with van der Waals surface area (Å²) in [5.41, 5.74) is 5.14. The maximum absolute atomic E-state index is 12.7. The number of tetrazole rings is 1. The van der Waals surface area contributed by atoms with E-state index in [1.54, 1.807) is 4.68 Å². The third-order valence-electron chi connectivity index (χ3n) is 4.32. The number of benzene rings is 2. The monoisotopic (exact) mass is 366 g/mol. The molecule has 26 heavy (non-hydrogen) atoms. The third kappa shape index (κ3) is 3.85. The molecule has 0 unspecified atom stereocenters. The average Bonchev–Trinajstić information content (AvgIpc) is 3.09. The number of nitrogens with zero attached hydrogens (tertiary/aromatic N) is 4. The highest BCUT2D eigenvalue weighted by atomic mass is 32.2. The lowest BCUT2D eigenvalue weighted by atomic mass is 10.1. The van der Waals surface area contributed by atoms with Gasteiger partial charge in [-0.1, -0.05) is 60.6 Å². The van der Waals surface area contributed by atoms with Crippen LogP contribution in [-0.2, 0) is 6.42 Å². The Bertz CT molecular complexity index is 918. The zero-order valence-electron chi connectivity index (χ0n) is 15.4. The van der Waals surface area contributed by atoms with E-state index >= 15 is 0 Å². The van der Waals surface area contributed by atoms with Gasteiger partial charge in [0.1, 0.15) is 0 Å². The summed E-state index contributed by atoms with van der Waals surface area (Å²) >= 11 is 1.37. The number of hydrogen-bond acceptors (Lipinski definition) is 5. The molecule has 1 atom stereocenters. The molecule has 0 saturated heterocycles. The molecule has 1 aromatic heterocycles. The van der Waals surface area contributed by atoms with Gasteiger partial charge in [0.2, 0.25) is 5.16 Å². The molecule has 1 heterocycles. The predicted octanol–water partition coefficient (Wildman–Crippen LogP) is 4.21. The van der Waals surface area contributed by atoms with E-state index in [1.807, 2.05) is 50.2 Å². The molecule has 0 saturated carbocycles. The van der Waals surface area contributed by atoms with Crippen molar-refractivity contribution < 1.29 is 4.79 Å². The van der Waals surface area contributed by atoms with Crippen molar-refractivity contribution >= 4 is 17.5 Å². The van der Waals surface area contributed by atoms with Gasteiger partial charge in [-0.25, -0.2) is 0 Å². The second-order valence-corrected chi connectivity index (χ2v) is 7.65. The summed E-state index contributed by atoms with van der Waals surface area (Å²) < 4.78 is 1.70. The second kappa shape index (κ2) is 7.83. The van der Waals surface area contributed by atoms with Gasteiger partial charge in [0.25, 0.3) is 0 Å². The maximum atomic E-state index is 12.7. The van der Waals surface area contributed by atoms with Crippen molar-refractivity contribution in [2.24, 2.45) is 0 Å². The highest BCUT2D eigenvalue weighted by Crippen LogP contribution is 2.26. The molecule has 2 aromatic carbocycles. The van der Waals surface area contributed by atoms with Gasteiger partial charge < -0.3 is 0 Å². The summed E-state index contributed by atoms with van der Waals surface area (Å²) in [4.78, 5) is 12.7. The van der Waals surface area contributed by atoms with E-state index in [2.05, 4.69) is 35.4 Å². The first-order valence-corrected chi connectivity index (χ1v) is 9.53. The normalized spacial score (nSPS) is 12.2. The van der Waals surface area contributed by atoms with Crippen LogP contribution in [0.3, 0.4) is 0 Å². The summed E-state index contributed by atoms with van der Waals surface area (Å²) in [5, 5.41) is 12.4. The fourth-order valence-electron chi connectivity index (χ4n) is 2.80. The molecule has 3 rings (SSSR count). The summed E-state index contributed by atoms with van der Waals surface area (Å²) in [6.45, 7) is 8.07. The Balaban J connectivity index is 1.80. The van der Waals surface area contributed by atoms with Crippen LogP contribution in [0.15, 0.2) is 47.6 Å². The van der Waals surface area contributed by atoms with Gasteiger partial charge in [-0.05, 0) is 54.8 Å². The summed E-state index contributed by atoms with van der Waals surface area (Å²) in [7, 11) is 0. The first kappa shape index (κ1) is 18.3. The van der Waals surface area contributed by atoms with Gasteiger partial charge in [0, 0.05) is 5.56 Å². The standard InChI is InChI=1S/C20H22N4OS/c1-5-16-7-9-17(10-8-16)19(25)15(4)26-20-21-22-23-24(20)18-11-6-13(2)12-14(18)3/h6-12,15H,5H2,1-4H3/t15-/m1/s1. The molecule has 0 radical (unpaired) electrons. The highest BCUT2D eigenvalue weighted by molar-refractivity contribution is 8.00. The fourth-order valence-corrected chi connectivity index (χ4v) is 3.68. The second-order valence-electron chi connectivity index (χ2n) is 6.34. The zero-order valence-corrected chi connectivity index (χ0v) is 16.2.